The van der Waals surface area contributed by atoms with E-state index in [4.69, 9.17) is 14.2 Å². The average molecular weight is 462 g/mol. The van der Waals surface area contributed by atoms with Crippen molar-refractivity contribution in [3.05, 3.63) is 29.8 Å². The number of benzene rings is 1. The van der Waals surface area contributed by atoms with Crippen molar-refractivity contribution in [3.8, 4) is 0 Å². The van der Waals surface area contributed by atoms with Gasteiger partial charge in [-0.3, -0.25) is 9.36 Å². The molecule has 0 radical (unpaired) electrons. The highest BCUT2D eigenvalue weighted by Crippen LogP contribution is 2.26. The standard InChI is InChI=1S/C21H27N5O5S/c1-29-19(28)16-6-2-3-7-17(16)22-18(27)14-32-21-24-23-20(25-8-11-30-12-9-25)26(21)13-15-5-4-10-31-15/h2-3,6-7,15H,4-5,8-14H2,1H3,(H,22,27). The fraction of sp³-hybridized carbons (Fsp3) is 0.524. The molecule has 2 aliphatic rings. The van der Waals surface area contributed by atoms with Gasteiger partial charge in [0, 0.05) is 19.7 Å². The van der Waals surface area contributed by atoms with Crippen LogP contribution in [-0.2, 0) is 25.5 Å². The number of amides is 1. The highest BCUT2D eigenvalue weighted by molar-refractivity contribution is 7.99. The smallest absolute Gasteiger partial charge is 0.339 e. The molecule has 0 saturated carbocycles. The zero-order chi connectivity index (χ0) is 22.3. The lowest BCUT2D eigenvalue weighted by molar-refractivity contribution is -0.113. The third-order valence-corrected chi connectivity index (χ3v) is 6.31. The second kappa shape index (κ2) is 10.8. The van der Waals surface area contributed by atoms with E-state index in [2.05, 4.69) is 20.4 Å². The highest BCUT2D eigenvalue weighted by atomic mass is 32.2. The van der Waals surface area contributed by atoms with E-state index in [9.17, 15) is 9.59 Å². The third-order valence-electron chi connectivity index (χ3n) is 5.34. The number of anilines is 2. The molecule has 1 unspecified atom stereocenters. The van der Waals surface area contributed by atoms with Crippen molar-refractivity contribution in [2.45, 2.75) is 30.6 Å². The molecule has 3 heterocycles. The van der Waals surface area contributed by atoms with Crippen molar-refractivity contribution in [2.24, 2.45) is 0 Å². The Kier molecular flexibility index (Phi) is 7.61. The molecule has 0 aliphatic carbocycles. The van der Waals surface area contributed by atoms with Crippen LogP contribution in [0.15, 0.2) is 29.4 Å². The van der Waals surface area contributed by atoms with Gasteiger partial charge in [0.1, 0.15) is 0 Å². The van der Waals surface area contributed by atoms with Gasteiger partial charge in [-0.25, -0.2) is 4.79 Å². The molecule has 1 aromatic heterocycles. The SMILES string of the molecule is COC(=O)c1ccccc1NC(=O)CSc1nnc(N2CCOCC2)n1CC1CCCO1. The van der Waals surface area contributed by atoms with E-state index in [1.165, 1.54) is 18.9 Å². The van der Waals surface area contributed by atoms with E-state index in [-0.39, 0.29) is 17.8 Å². The Morgan fingerprint density at radius 2 is 2.03 bits per heavy atom. The van der Waals surface area contributed by atoms with Crippen molar-refractivity contribution >= 4 is 35.3 Å². The van der Waals surface area contributed by atoms with Crippen LogP contribution < -0.4 is 10.2 Å². The Morgan fingerprint density at radius 1 is 1.22 bits per heavy atom. The van der Waals surface area contributed by atoms with Crippen molar-refractivity contribution in [2.75, 3.05) is 56.0 Å². The fourth-order valence-corrected chi connectivity index (χ4v) is 4.48. The predicted octanol–water partition coefficient (Wildman–Crippen LogP) is 1.81. The van der Waals surface area contributed by atoms with Crippen molar-refractivity contribution in [3.63, 3.8) is 0 Å². The summed E-state index contributed by atoms with van der Waals surface area (Å²) in [5, 5.41) is 12.2. The number of nitrogens with zero attached hydrogens (tertiary/aromatic N) is 4. The molecule has 2 saturated heterocycles. The molecule has 1 aromatic carbocycles. The maximum absolute atomic E-state index is 12.6. The molecule has 10 nitrogen and oxygen atoms in total. The number of morpholine rings is 1. The highest BCUT2D eigenvalue weighted by Gasteiger charge is 2.25. The van der Waals surface area contributed by atoms with Crippen molar-refractivity contribution in [1.82, 2.24) is 14.8 Å². The van der Waals surface area contributed by atoms with Crippen molar-refractivity contribution in [1.29, 1.82) is 0 Å². The number of carbonyl (C=O) groups is 2. The number of aromatic nitrogens is 3. The first kappa shape index (κ1) is 22.6. The van der Waals surface area contributed by atoms with Gasteiger partial charge < -0.3 is 24.4 Å². The number of nitrogens with one attached hydrogen (secondary N) is 1. The number of para-hydroxylation sites is 1. The Morgan fingerprint density at radius 3 is 2.78 bits per heavy atom. The monoisotopic (exact) mass is 461 g/mol. The Balaban J connectivity index is 1.45. The zero-order valence-electron chi connectivity index (χ0n) is 18.0. The maximum Gasteiger partial charge on any atom is 0.339 e. The van der Waals surface area contributed by atoms with E-state index in [0.717, 1.165) is 38.5 Å². The molecule has 1 N–H and O–H groups in total. The number of hydrogen-bond donors (Lipinski definition) is 1. The zero-order valence-corrected chi connectivity index (χ0v) is 18.8. The van der Waals surface area contributed by atoms with Gasteiger partial charge in [-0.05, 0) is 25.0 Å². The van der Waals surface area contributed by atoms with Crippen LogP contribution in [0.25, 0.3) is 0 Å². The minimum atomic E-state index is -0.500. The van der Waals surface area contributed by atoms with Gasteiger partial charge in [-0.1, -0.05) is 23.9 Å². The molecule has 11 heteroatoms. The Hall–Kier alpha value is -2.63. The van der Waals surface area contributed by atoms with Gasteiger partial charge in [0.05, 0.1) is 50.0 Å². The van der Waals surface area contributed by atoms with Crippen LogP contribution in [0.4, 0.5) is 11.6 Å². The van der Waals surface area contributed by atoms with E-state index in [0.29, 0.717) is 36.2 Å². The van der Waals surface area contributed by atoms with E-state index in [1.54, 1.807) is 24.3 Å². The van der Waals surface area contributed by atoms with Crippen LogP contribution in [0.2, 0.25) is 0 Å². The summed E-state index contributed by atoms with van der Waals surface area (Å²) in [6.45, 7) is 4.21. The van der Waals surface area contributed by atoms with Crippen molar-refractivity contribution < 1.29 is 23.8 Å². The summed E-state index contributed by atoms with van der Waals surface area (Å²) < 4.78 is 18.1. The summed E-state index contributed by atoms with van der Waals surface area (Å²) >= 11 is 1.31. The quantitative estimate of drug-likeness (QED) is 0.465. The Bertz CT molecular complexity index is 940. The second-order valence-corrected chi connectivity index (χ2v) is 8.44. The van der Waals surface area contributed by atoms with Crippen LogP contribution in [0.5, 0.6) is 0 Å². The summed E-state index contributed by atoms with van der Waals surface area (Å²) in [6.07, 6.45) is 2.16. The van der Waals surface area contributed by atoms with E-state index < -0.39 is 5.97 Å². The van der Waals surface area contributed by atoms with Gasteiger partial charge in [-0.15, -0.1) is 10.2 Å². The van der Waals surface area contributed by atoms with Gasteiger partial charge in [0.25, 0.3) is 0 Å². The number of esters is 1. The first-order valence-electron chi connectivity index (χ1n) is 10.6. The van der Waals surface area contributed by atoms with Gasteiger partial charge in [0.2, 0.25) is 11.9 Å². The van der Waals surface area contributed by atoms with Crippen LogP contribution in [-0.4, -0.2) is 78.5 Å². The molecule has 2 aliphatic heterocycles. The summed E-state index contributed by atoms with van der Waals surface area (Å²) in [6, 6.07) is 6.76. The largest absolute Gasteiger partial charge is 0.465 e. The molecule has 0 bridgehead atoms. The molecule has 2 aromatic rings. The molecule has 1 amide bonds. The Labute approximate surface area is 190 Å². The summed E-state index contributed by atoms with van der Waals surface area (Å²) in [5.74, 6) is 0.163. The van der Waals surface area contributed by atoms with Crippen LogP contribution in [0.3, 0.4) is 0 Å². The fourth-order valence-electron chi connectivity index (χ4n) is 3.73. The van der Waals surface area contributed by atoms with Gasteiger partial charge in [0.15, 0.2) is 5.16 Å². The number of rotatable bonds is 8. The lowest BCUT2D eigenvalue weighted by Crippen LogP contribution is -2.38. The summed E-state index contributed by atoms with van der Waals surface area (Å²) in [5.41, 5.74) is 0.726. The molecular formula is C21H27N5O5S. The second-order valence-electron chi connectivity index (χ2n) is 7.50. The maximum atomic E-state index is 12.6. The third kappa shape index (κ3) is 5.40. The molecule has 2 fully saturated rings. The van der Waals surface area contributed by atoms with Gasteiger partial charge >= 0.3 is 5.97 Å². The molecular weight excluding hydrogens is 434 g/mol. The minimum absolute atomic E-state index is 0.117. The van der Waals surface area contributed by atoms with Crippen LogP contribution in [0.1, 0.15) is 23.2 Å². The molecule has 1 atom stereocenters. The molecule has 32 heavy (non-hydrogen) atoms. The molecule has 172 valence electrons. The summed E-state index contributed by atoms with van der Waals surface area (Å²) in [7, 11) is 1.31. The lowest BCUT2D eigenvalue weighted by Gasteiger charge is -2.28. The molecule has 4 rings (SSSR count). The first-order chi connectivity index (χ1) is 15.7. The molecule has 0 spiro atoms. The van der Waals surface area contributed by atoms with Crippen LogP contribution >= 0.6 is 11.8 Å². The average Bonchev–Trinajstić information content (AvgIpc) is 3.48. The lowest BCUT2D eigenvalue weighted by atomic mass is 10.2. The minimum Gasteiger partial charge on any atom is -0.465 e. The topological polar surface area (TPSA) is 108 Å². The number of ether oxygens (including phenoxy) is 3. The van der Waals surface area contributed by atoms with Gasteiger partial charge in [-0.2, -0.15) is 0 Å². The number of methoxy groups -OCH3 is 1. The van der Waals surface area contributed by atoms with Crippen LogP contribution in [0, 0.1) is 0 Å². The predicted molar refractivity (Wildman–Crippen MR) is 119 cm³/mol. The van der Waals surface area contributed by atoms with E-state index >= 15 is 0 Å². The number of thioether (sulfide) groups is 1. The normalized spacial score (nSPS) is 18.5. The van der Waals surface area contributed by atoms with E-state index in [1.807, 2.05) is 4.57 Å². The number of carbonyl (C=O) groups excluding carboxylic acids is 2. The summed E-state index contributed by atoms with van der Waals surface area (Å²) in [4.78, 5) is 26.7. The first-order valence-corrected chi connectivity index (χ1v) is 11.6. The number of hydrogen-bond acceptors (Lipinski definition) is 9.